The number of hydrogen-bond donors (Lipinski definition) is 0. The minimum Gasteiger partial charge on any atom is -0.480 e. The Balaban J connectivity index is 2.32. The predicted octanol–water partition coefficient (Wildman–Crippen LogP) is 4.95. The molecule has 8 heteroatoms. The van der Waals surface area contributed by atoms with Gasteiger partial charge in [0.05, 0.1) is 15.6 Å². The zero-order chi connectivity index (χ0) is 15.6. The van der Waals surface area contributed by atoms with E-state index in [4.69, 9.17) is 27.9 Å². The first-order chi connectivity index (χ1) is 9.88. The molecule has 0 saturated carbocycles. The molecule has 110 valence electrons. The fourth-order valence-corrected chi connectivity index (χ4v) is 2.62. The molecule has 0 aliphatic heterocycles. The van der Waals surface area contributed by atoms with Crippen LogP contribution in [-0.4, -0.2) is 9.91 Å². The van der Waals surface area contributed by atoms with Gasteiger partial charge in [-0.2, -0.15) is 0 Å². The molecule has 0 N–H and O–H groups in total. The summed E-state index contributed by atoms with van der Waals surface area (Å²) < 4.78 is 6.15. The van der Waals surface area contributed by atoms with Gasteiger partial charge >= 0.3 is 5.69 Å². The maximum atomic E-state index is 11.1. The van der Waals surface area contributed by atoms with Gasteiger partial charge in [-0.15, -0.1) is 0 Å². The van der Waals surface area contributed by atoms with Crippen molar-refractivity contribution in [3.63, 3.8) is 0 Å². The second-order valence-electron chi connectivity index (χ2n) is 4.18. The normalized spacial score (nSPS) is 10.5. The highest BCUT2D eigenvalue weighted by Crippen LogP contribution is 2.35. The molecule has 1 aromatic carbocycles. The number of halogens is 3. The molecular formula is C13H9BrCl2N2O3. The standard InChI is InChI=1S/C13H9BrCl2N2O3/c1-7-4-8(14)5-11(18(19)20)13(7)21-6-10-9(15)2-3-12(16)17-10/h2-5H,6H2,1H3. The number of pyridine rings is 1. The first-order valence-corrected chi connectivity index (χ1v) is 7.31. The summed E-state index contributed by atoms with van der Waals surface area (Å²) in [5, 5.41) is 11.8. The van der Waals surface area contributed by atoms with Crippen molar-refractivity contribution in [3.05, 3.63) is 60.3 Å². The van der Waals surface area contributed by atoms with Crippen LogP contribution < -0.4 is 4.74 Å². The number of nitro benzene ring substituents is 1. The summed E-state index contributed by atoms with van der Waals surface area (Å²) in [6.07, 6.45) is 0. The van der Waals surface area contributed by atoms with Crippen molar-refractivity contribution in [1.82, 2.24) is 4.98 Å². The van der Waals surface area contributed by atoms with Gasteiger partial charge in [0.2, 0.25) is 5.75 Å². The van der Waals surface area contributed by atoms with E-state index in [1.54, 1.807) is 25.1 Å². The van der Waals surface area contributed by atoms with Crippen molar-refractivity contribution in [1.29, 1.82) is 0 Å². The highest BCUT2D eigenvalue weighted by molar-refractivity contribution is 9.10. The number of aryl methyl sites for hydroxylation is 1. The van der Waals surface area contributed by atoms with E-state index in [-0.39, 0.29) is 23.2 Å². The van der Waals surface area contributed by atoms with Crippen molar-refractivity contribution in [2.45, 2.75) is 13.5 Å². The summed E-state index contributed by atoms with van der Waals surface area (Å²) >= 11 is 15.0. The van der Waals surface area contributed by atoms with Crippen molar-refractivity contribution in [3.8, 4) is 5.75 Å². The molecule has 0 saturated heterocycles. The fourth-order valence-electron chi connectivity index (χ4n) is 1.74. The molecule has 1 heterocycles. The molecule has 0 bridgehead atoms. The van der Waals surface area contributed by atoms with E-state index in [1.165, 1.54) is 6.07 Å². The molecule has 0 aliphatic rings. The monoisotopic (exact) mass is 390 g/mol. The number of aromatic nitrogens is 1. The maximum Gasteiger partial charge on any atom is 0.312 e. The van der Waals surface area contributed by atoms with E-state index in [1.807, 2.05) is 0 Å². The molecule has 21 heavy (non-hydrogen) atoms. The summed E-state index contributed by atoms with van der Waals surface area (Å²) in [5.74, 6) is 0.182. The average Bonchev–Trinajstić information content (AvgIpc) is 2.40. The van der Waals surface area contributed by atoms with E-state index >= 15 is 0 Å². The lowest BCUT2D eigenvalue weighted by Crippen LogP contribution is -2.03. The number of hydrogen-bond acceptors (Lipinski definition) is 4. The Morgan fingerprint density at radius 2 is 2.10 bits per heavy atom. The van der Waals surface area contributed by atoms with Gasteiger partial charge in [0, 0.05) is 10.5 Å². The maximum absolute atomic E-state index is 11.1. The van der Waals surface area contributed by atoms with Crippen LogP contribution in [0.25, 0.3) is 0 Å². The number of ether oxygens (including phenoxy) is 1. The number of benzene rings is 1. The van der Waals surface area contributed by atoms with Crippen LogP contribution in [0.3, 0.4) is 0 Å². The highest BCUT2D eigenvalue weighted by Gasteiger charge is 2.19. The molecule has 0 fully saturated rings. The number of nitrogens with zero attached hydrogens (tertiary/aromatic N) is 2. The quantitative estimate of drug-likeness (QED) is 0.420. The van der Waals surface area contributed by atoms with E-state index in [2.05, 4.69) is 20.9 Å². The van der Waals surface area contributed by atoms with Crippen LogP contribution in [0.2, 0.25) is 10.2 Å². The molecular weight excluding hydrogens is 383 g/mol. The van der Waals surface area contributed by atoms with Crippen molar-refractivity contribution >= 4 is 44.8 Å². The highest BCUT2D eigenvalue weighted by atomic mass is 79.9. The third kappa shape index (κ3) is 3.84. The molecule has 2 rings (SSSR count). The van der Waals surface area contributed by atoms with Crippen LogP contribution in [0.5, 0.6) is 5.75 Å². The molecule has 0 spiro atoms. The first-order valence-electron chi connectivity index (χ1n) is 5.76. The van der Waals surface area contributed by atoms with Crippen LogP contribution in [-0.2, 0) is 6.61 Å². The largest absolute Gasteiger partial charge is 0.480 e. The third-order valence-electron chi connectivity index (χ3n) is 2.65. The van der Waals surface area contributed by atoms with Gasteiger partial charge in [0.15, 0.2) is 0 Å². The summed E-state index contributed by atoms with van der Waals surface area (Å²) in [5.41, 5.74) is 0.926. The average molecular weight is 392 g/mol. The second kappa shape index (κ2) is 6.60. The lowest BCUT2D eigenvalue weighted by molar-refractivity contribution is -0.386. The molecule has 0 atom stereocenters. The predicted molar refractivity (Wildman–Crippen MR) is 84.1 cm³/mol. The van der Waals surface area contributed by atoms with Crippen molar-refractivity contribution < 1.29 is 9.66 Å². The van der Waals surface area contributed by atoms with Gasteiger partial charge in [-0.25, -0.2) is 4.98 Å². The van der Waals surface area contributed by atoms with E-state index in [9.17, 15) is 10.1 Å². The smallest absolute Gasteiger partial charge is 0.312 e. The number of rotatable bonds is 4. The van der Waals surface area contributed by atoms with Crippen molar-refractivity contribution in [2.75, 3.05) is 0 Å². The third-order valence-corrected chi connectivity index (χ3v) is 3.67. The molecule has 0 unspecified atom stereocenters. The molecule has 0 radical (unpaired) electrons. The van der Waals surface area contributed by atoms with Gasteiger partial charge in [0.1, 0.15) is 11.8 Å². The fraction of sp³-hybridized carbons (Fsp3) is 0.154. The van der Waals surface area contributed by atoms with Gasteiger partial charge in [-0.3, -0.25) is 10.1 Å². The van der Waals surface area contributed by atoms with E-state index < -0.39 is 4.92 Å². The summed E-state index contributed by atoms with van der Waals surface area (Å²) in [6, 6.07) is 6.27. The Labute approximate surface area is 139 Å². The van der Waals surface area contributed by atoms with Gasteiger partial charge in [-0.05, 0) is 30.7 Å². The first kappa shape index (κ1) is 16.0. The van der Waals surface area contributed by atoms with Crippen LogP contribution in [0.15, 0.2) is 28.7 Å². The lowest BCUT2D eigenvalue weighted by Gasteiger charge is -2.10. The molecule has 1 aromatic heterocycles. The van der Waals surface area contributed by atoms with Crippen LogP contribution in [0.1, 0.15) is 11.3 Å². The zero-order valence-corrected chi connectivity index (χ0v) is 13.9. The Morgan fingerprint density at radius 1 is 1.38 bits per heavy atom. The van der Waals surface area contributed by atoms with Crippen LogP contribution >= 0.6 is 39.1 Å². The van der Waals surface area contributed by atoms with Gasteiger partial charge in [0.25, 0.3) is 0 Å². The Morgan fingerprint density at radius 3 is 2.76 bits per heavy atom. The van der Waals surface area contributed by atoms with Crippen LogP contribution in [0, 0.1) is 17.0 Å². The summed E-state index contributed by atoms with van der Waals surface area (Å²) in [7, 11) is 0. The Hall–Kier alpha value is -1.37. The van der Waals surface area contributed by atoms with Gasteiger partial charge < -0.3 is 4.74 Å². The zero-order valence-electron chi connectivity index (χ0n) is 10.8. The molecule has 2 aromatic rings. The Bertz CT molecular complexity index is 710. The van der Waals surface area contributed by atoms with Crippen molar-refractivity contribution in [2.24, 2.45) is 0 Å². The minimum absolute atomic E-state index is 0.0112. The topological polar surface area (TPSA) is 65.3 Å². The van der Waals surface area contributed by atoms with Gasteiger partial charge in [-0.1, -0.05) is 39.1 Å². The number of nitro groups is 1. The van der Waals surface area contributed by atoms with Crippen LogP contribution in [0.4, 0.5) is 5.69 Å². The lowest BCUT2D eigenvalue weighted by atomic mass is 10.2. The summed E-state index contributed by atoms with van der Waals surface area (Å²) in [4.78, 5) is 14.6. The molecule has 0 amide bonds. The Kier molecular flexibility index (Phi) is 5.03. The van der Waals surface area contributed by atoms with E-state index in [0.717, 1.165) is 0 Å². The summed E-state index contributed by atoms with van der Waals surface area (Å²) in [6.45, 7) is 1.71. The second-order valence-corrected chi connectivity index (χ2v) is 5.89. The molecule has 5 nitrogen and oxygen atoms in total. The SMILES string of the molecule is Cc1cc(Br)cc([N+](=O)[O-])c1OCc1nc(Cl)ccc1Cl. The molecule has 0 aliphatic carbocycles. The minimum atomic E-state index is -0.500. The van der Waals surface area contributed by atoms with E-state index in [0.29, 0.717) is 20.8 Å².